The SMILES string of the molecule is CC1(C(F)(F)F)COCC(=O)N1. The molecule has 6 heteroatoms. The topological polar surface area (TPSA) is 38.3 Å². The molecule has 0 aliphatic carbocycles. The predicted molar refractivity (Wildman–Crippen MR) is 33.4 cm³/mol. The highest BCUT2D eigenvalue weighted by atomic mass is 19.4. The first kappa shape index (κ1) is 9.31. The molecule has 0 radical (unpaired) electrons. The van der Waals surface area contributed by atoms with Gasteiger partial charge in [-0.25, -0.2) is 0 Å². The monoisotopic (exact) mass is 183 g/mol. The molecule has 0 bridgehead atoms. The van der Waals surface area contributed by atoms with Gasteiger partial charge in [-0.2, -0.15) is 13.2 Å². The van der Waals surface area contributed by atoms with Crippen molar-refractivity contribution in [1.82, 2.24) is 5.32 Å². The number of rotatable bonds is 0. The molecule has 0 aromatic rings. The molecule has 0 aromatic carbocycles. The third kappa shape index (κ3) is 1.52. The second kappa shape index (κ2) is 2.62. The first-order valence-corrected chi connectivity index (χ1v) is 3.31. The molecule has 1 aliphatic rings. The number of nitrogens with one attached hydrogen (secondary N) is 1. The summed E-state index contributed by atoms with van der Waals surface area (Å²) in [5, 5.41) is 1.84. The number of amides is 1. The maximum absolute atomic E-state index is 12.2. The average molecular weight is 183 g/mol. The van der Waals surface area contributed by atoms with Crippen LogP contribution in [0.2, 0.25) is 0 Å². The van der Waals surface area contributed by atoms with Gasteiger partial charge in [0.25, 0.3) is 0 Å². The highest BCUT2D eigenvalue weighted by molar-refractivity contribution is 5.78. The molecule has 1 saturated heterocycles. The third-order valence-electron chi connectivity index (χ3n) is 1.66. The van der Waals surface area contributed by atoms with Crippen molar-refractivity contribution in [2.75, 3.05) is 13.2 Å². The number of halogens is 3. The molecular formula is C6H8F3NO2. The number of hydrogen-bond acceptors (Lipinski definition) is 2. The Hall–Kier alpha value is -0.780. The first-order chi connectivity index (χ1) is 5.35. The quantitative estimate of drug-likeness (QED) is 0.592. The van der Waals surface area contributed by atoms with Gasteiger partial charge < -0.3 is 10.1 Å². The van der Waals surface area contributed by atoms with E-state index in [2.05, 4.69) is 4.74 Å². The van der Waals surface area contributed by atoms with Gasteiger partial charge in [-0.1, -0.05) is 0 Å². The van der Waals surface area contributed by atoms with Crippen LogP contribution in [0.1, 0.15) is 6.92 Å². The van der Waals surface area contributed by atoms with Gasteiger partial charge in [0, 0.05) is 0 Å². The lowest BCUT2D eigenvalue weighted by Crippen LogP contribution is -2.63. The highest BCUT2D eigenvalue weighted by Gasteiger charge is 2.53. The van der Waals surface area contributed by atoms with Crippen molar-refractivity contribution in [3.63, 3.8) is 0 Å². The molecule has 70 valence electrons. The Kier molecular flexibility index (Phi) is 2.03. The molecule has 0 saturated carbocycles. The van der Waals surface area contributed by atoms with Gasteiger partial charge in [0.2, 0.25) is 5.91 Å². The zero-order valence-electron chi connectivity index (χ0n) is 6.36. The number of alkyl halides is 3. The van der Waals surface area contributed by atoms with Crippen molar-refractivity contribution < 1.29 is 22.7 Å². The zero-order chi connectivity index (χ0) is 9.41. The van der Waals surface area contributed by atoms with Gasteiger partial charge in [-0.3, -0.25) is 4.79 Å². The summed E-state index contributed by atoms with van der Waals surface area (Å²) in [5.41, 5.74) is -2.23. The van der Waals surface area contributed by atoms with Crippen LogP contribution >= 0.6 is 0 Å². The fraction of sp³-hybridized carbons (Fsp3) is 0.833. The minimum Gasteiger partial charge on any atom is -0.369 e. The molecule has 1 heterocycles. The standard InChI is InChI=1S/C6H8F3NO2/c1-5(6(7,8)9)3-12-2-4(11)10-5/h2-3H2,1H3,(H,10,11). The Bertz CT molecular complexity index is 203. The lowest BCUT2D eigenvalue weighted by molar-refractivity contribution is -0.216. The molecule has 0 spiro atoms. The van der Waals surface area contributed by atoms with Crippen LogP contribution < -0.4 is 5.32 Å². The van der Waals surface area contributed by atoms with Crippen LogP contribution in [-0.2, 0) is 9.53 Å². The van der Waals surface area contributed by atoms with E-state index in [0.29, 0.717) is 0 Å². The van der Waals surface area contributed by atoms with Gasteiger partial charge in [0.1, 0.15) is 6.61 Å². The Labute approximate surface area is 66.9 Å². The van der Waals surface area contributed by atoms with Crippen LogP contribution in [0.5, 0.6) is 0 Å². The Morgan fingerprint density at radius 3 is 2.50 bits per heavy atom. The molecule has 1 aliphatic heterocycles. The van der Waals surface area contributed by atoms with Crippen LogP contribution in [-0.4, -0.2) is 30.8 Å². The minimum absolute atomic E-state index is 0.300. The van der Waals surface area contributed by atoms with Crippen LogP contribution in [0.4, 0.5) is 13.2 Å². The van der Waals surface area contributed by atoms with Gasteiger partial charge in [-0.05, 0) is 6.92 Å². The molecule has 1 atom stereocenters. The summed E-state index contributed by atoms with van der Waals surface area (Å²) < 4.78 is 41.1. The van der Waals surface area contributed by atoms with Crippen molar-refractivity contribution in [1.29, 1.82) is 0 Å². The lowest BCUT2D eigenvalue weighted by atomic mass is 10.0. The van der Waals surface area contributed by atoms with Gasteiger partial charge in [0.05, 0.1) is 6.61 Å². The minimum atomic E-state index is -4.47. The summed E-state index contributed by atoms with van der Waals surface area (Å²) in [5.74, 6) is -0.735. The van der Waals surface area contributed by atoms with Crippen LogP contribution in [0.3, 0.4) is 0 Å². The van der Waals surface area contributed by atoms with Crippen molar-refractivity contribution >= 4 is 5.91 Å². The summed E-state index contributed by atoms with van der Waals surface area (Å²) in [7, 11) is 0. The highest BCUT2D eigenvalue weighted by Crippen LogP contribution is 2.31. The maximum atomic E-state index is 12.2. The summed E-state index contributed by atoms with van der Waals surface area (Å²) in [6.07, 6.45) is -4.47. The van der Waals surface area contributed by atoms with E-state index in [1.54, 1.807) is 0 Å². The predicted octanol–water partition coefficient (Wildman–Crippen LogP) is 0.454. The van der Waals surface area contributed by atoms with Gasteiger partial charge >= 0.3 is 6.18 Å². The Morgan fingerprint density at radius 2 is 2.17 bits per heavy atom. The van der Waals surface area contributed by atoms with E-state index in [4.69, 9.17) is 0 Å². The molecule has 1 unspecified atom stereocenters. The van der Waals surface area contributed by atoms with Crippen LogP contribution in [0.25, 0.3) is 0 Å². The Balaban J connectivity index is 2.77. The lowest BCUT2D eigenvalue weighted by Gasteiger charge is -2.35. The Morgan fingerprint density at radius 1 is 1.58 bits per heavy atom. The molecule has 1 fully saturated rings. The van der Waals surface area contributed by atoms with Crippen molar-refractivity contribution in [2.45, 2.75) is 18.6 Å². The molecule has 12 heavy (non-hydrogen) atoms. The summed E-state index contributed by atoms with van der Waals surface area (Å²) >= 11 is 0. The third-order valence-corrected chi connectivity index (χ3v) is 1.66. The summed E-state index contributed by atoms with van der Waals surface area (Å²) in [6.45, 7) is 0.0674. The van der Waals surface area contributed by atoms with Crippen molar-refractivity contribution in [3.05, 3.63) is 0 Å². The average Bonchev–Trinajstić information content (AvgIpc) is 1.83. The molecule has 0 aromatic heterocycles. The van der Waals surface area contributed by atoms with E-state index in [1.165, 1.54) is 0 Å². The number of morpholine rings is 1. The van der Waals surface area contributed by atoms with E-state index in [1.807, 2.05) is 5.32 Å². The molecule has 3 nitrogen and oxygen atoms in total. The van der Waals surface area contributed by atoms with Gasteiger partial charge in [0.15, 0.2) is 5.54 Å². The number of hydrogen-bond donors (Lipinski definition) is 1. The van der Waals surface area contributed by atoms with Crippen molar-refractivity contribution in [2.24, 2.45) is 0 Å². The van der Waals surface area contributed by atoms with Crippen LogP contribution in [0.15, 0.2) is 0 Å². The zero-order valence-corrected chi connectivity index (χ0v) is 6.36. The van der Waals surface area contributed by atoms with E-state index in [0.717, 1.165) is 6.92 Å². The van der Waals surface area contributed by atoms with E-state index < -0.39 is 24.2 Å². The largest absolute Gasteiger partial charge is 0.413 e. The molecular weight excluding hydrogens is 175 g/mol. The van der Waals surface area contributed by atoms with Crippen LogP contribution in [0, 0.1) is 0 Å². The molecule has 1 amide bonds. The van der Waals surface area contributed by atoms with E-state index in [-0.39, 0.29) is 6.61 Å². The smallest absolute Gasteiger partial charge is 0.369 e. The normalized spacial score (nSPS) is 31.5. The van der Waals surface area contributed by atoms with E-state index in [9.17, 15) is 18.0 Å². The fourth-order valence-corrected chi connectivity index (χ4v) is 0.880. The van der Waals surface area contributed by atoms with Gasteiger partial charge in [-0.15, -0.1) is 0 Å². The summed E-state index contributed by atoms with van der Waals surface area (Å²) in [6, 6.07) is 0. The number of carbonyl (C=O) groups is 1. The molecule has 1 N–H and O–H groups in total. The molecule has 1 rings (SSSR count). The second-order valence-electron chi connectivity index (χ2n) is 2.87. The van der Waals surface area contributed by atoms with E-state index >= 15 is 0 Å². The second-order valence-corrected chi connectivity index (χ2v) is 2.87. The number of carbonyl (C=O) groups excluding carboxylic acids is 1. The maximum Gasteiger partial charge on any atom is 0.413 e. The fourth-order valence-electron chi connectivity index (χ4n) is 0.880. The van der Waals surface area contributed by atoms with Crippen molar-refractivity contribution in [3.8, 4) is 0 Å². The first-order valence-electron chi connectivity index (χ1n) is 3.31. The summed E-state index contributed by atoms with van der Waals surface area (Å²) in [4.78, 5) is 10.6. The number of ether oxygens (including phenoxy) is 1.